The third-order valence-corrected chi connectivity index (χ3v) is 9.62. The molecule has 53 heavy (non-hydrogen) atoms. The van der Waals surface area contributed by atoms with Crippen LogP contribution in [0.5, 0.6) is 0 Å². The highest BCUT2D eigenvalue weighted by Crippen LogP contribution is 2.41. The van der Waals surface area contributed by atoms with Crippen LogP contribution in [0.15, 0.2) is 188 Å². The highest BCUT2D eigenvalue weighted by molar-refractivity contribution is 5.91. The van der Waals surface area contributed by atoms with E-state index in [1.807, 2.05) is 48.5 Å². The number of nitrogens with zero attached hydrogens (tertiary/aromatic N) is 7. The molecule has 0 aliphatic heterocycles. The molecular formula is C46H31N7. The van der Waals surface area contributed by atoms with Gasteiger partial charge in [-0.2, -0.15) is 0 Å². The summed E-state index contributed by atoms with van der Waals surface area (Å²) in [6.07, 6.45) is 0. The summed E-state index contributed by atoms with van der Waals surface area (Å²) in [5.74, 6) is 3.09. The molecule has 0 unspecified atom stereocenters. The first-order chi connectivity index (χ1) is 26.3. The monoisotopic (exact) mass is 681 g/mol. The number of fused-ring (bicyclic) bond motifs is 2. The van der Waals surface area contributed by atoms with Crippen molar-refractivity contribution in [2.75, 3.05) is 0 Å². The lowest BCUT2D eigenvalue weighted by atomic mass is 10.1. The van der Waals surface area contributed by atoms with Crippen LogP contribution in [0.4, 0.5) is 0 Å². The van der Waals surface area contributed by atoms with Crippen molar-refractivity contribution in [3.63, 3.8) is 0 Å². The number of benzene rings is 7. The predicted octanol–water partition coefficient (Wildman–Crippen LogP) is 10.6. The van der Waals surface area contributed by atoms with Crippen LogP contribution in [0.2, 0.25) is 0 Å². The minimum absolute atomic E-state index is 0.689. The van der Waals surface area contributed by atoms with Crippen molar-refractivity contribution >= 4 is 22.1 Å². The summed E-state index contributed by atoms with van der Waals surface area (Å²) < 4.78 is 6.69. The first-order valence-electron chi connectivity index (χ1n) is 17.6. The summed E-state index contributed by atoms with van der Waals surface area (Å²) >= 11 is 0. The van der Waals surface area contributed by atoms with Gasteiger partial charge in [-0.05, 0) is 48.5 Å². The Morgan fingerprint density at radius 2 is 0.698 bits per heavy atom. The second-order valence-corrected chi connectivity index (χ2v) is 12.8. The molecule has 0 fully saturated rings. The van der Waals surface area contributed by atoms with Crippen molar-refractivity contribution < 1.29 is 0 Å². The van der Waals surface area contributed by atoms with Gasteiger partial charge in [-0.25, -0.2) is 9.97 Å². The summed E-state index contributed by atoms with van der Waals surface area (Å²) in [5.41, 5.74) is 10.4. The van der Waals surface area contributed by atoms with Gasteiger partial charge in [0.15, 0.2) is 11.6 Å². The van der Waals surface area contributed by atoms with Crippen LogP contribution in [0, 0.1) is 0 Å². The molecule has 10 rings (SSSR count). The average molecular weight is 682 g/mol. The van der Waals surface area contributed by atoms with Gasteiger partial charge in [0.05, 0.1) is 39.0 Å². The number of imidazole rings is 2. The molecule has 0 atom stereocenters. The molecule has 0 amide bonds. The molecule has 0 spiro atoms. The van der Waals surface area contributed by atoms with E-state index in [0.29, 0.717) is 5.82 Å². The van der Waals surface area contributed by atoms with Crippen LogP contribution in [-0.4, -0.2) is 33.9 Å². The second-order valence-electron chi connectivity index (χ2n) is 12.8. The fraction of sp³-hybridized carbons (Fsp3) is 0. The van der Waals surface area contributed by atoms with Gasteiger partial charge in [0.1, 0.15) is 11.6 Å². The molecule has 250 valence electrons. The Bertz CT molecular complexity index is 2740. The summed E-state index contributed by atoms with van der Waals surface area (Å²) in [4.78, 5) is 10.5. The van der Waals surface area contributed by atoms with Crippen LogP contribution in [0.25, 0.3) is 84.7 Å². The van der Waals surface area contributed by atoms with E-state index in [9.17, 15) is 0 Å². The molecule has 7 heteroatoms. The van der Waals surface area contributed by atoms with Crippen molar-refractivity contribution in [3.8, 4) is 62.6 Å². The van der Waals surface area contributed by atoms with Gasteiger partial charge in [0, 0.05) is 22.4 Å². The van der Waals surface area contributed by atoms with Gasteiger partial charge < -0.3 is 0 Å². The zero-order valence-corrected chi connectivity index (χ0v) is 28.5. The Morgan fingerprint density at radius 1 is 0.302 bits per heavy atom. The SMILES string of the molecule is c1ccc(-c2nnc(-c3c(-n4c(-c5ccccc5)nc5ccccc54)cccc3-n3c(-c4ccccc4)nc4ccccc43)n2-c2ccccc2)cc1. The summed E-state index contributed by atoms with van der Waals surface area (Å²) in [7, 11) is 0. The van der Waals surface area contributed by atoms with Gasteiger partial charge in [0.25, 0.3) is 0 Å². The van der Waals surface area contributed by atoms with Crippen LogP contribution in [-0.2, 0) is 0 Å². The van der Waals surface area contributed by atoms with E-state index in [4.69, 9.17) is 20.2 Å². The molecule has 7 aromatic carbocycles. The predicted molar refractivity (Wildman–Crippen MR) is 212 cm³/mol. The zero-order chi connectivity index (χ0) is 35.1. The molecule has 0 saturated heterocycles. The highest BCUT2D eigenvalue weighted by Gasteiger charge is 2.28. The lowest BCUT2D eigenvalue weighted by Crippen LogP contribution is -2.09. The van der Waals surface area contributed by atoms with Gasteiger partial charge in [-0.1, -0.05) is 140 Å². The molecule has 0 radical (unpaired) electrons. The fourth-order valence-electron chi connectivity index (χ4n) is 7.27. The second kappa shape index (κ2) is 12.7. The number of hydrogen-bond acceptors (Lipinski definition) is 4. The summed E-state index contributed by atoms with van der Waals surface area (Å²) in [6.45, 7) is 0. The van der Waals surface area contributed by atoms with Crippen molar-refractivity contribution in [2.24, 2.45) is 0 Å². The molecule has 10 aromatic rings. The van der Waals surface area contributed by atoms with E-state index in [2.05, 4.69) is 153 Å². The van der Waals surface area contributed by atoms with Crippen LogP contribution in [0.3, 0.4) is 0 Å². The standard InChI is InChI=1S/C46H31N7/c1-5-18-32(19-6-1)43-47-36-26-13-15-28-38(36)52(43)40-30-17-31-41(53-39-29-16-14-27-37(39)48-44(53)33-20-7-2-8-21-33)42(40)46-50-49-45(34-22-9-3-10-23-34)51(46)35-24-11-4-12-25-35/h1-31H. The van der Waals surface area contributed by atoms with E-state index in [0.717, 1.165) is 78.9 Å². The van der Waals surface area contributed by atoms with E-state index in [1.165, 1.54) is 0 Å². The molecule has 0 bridgehead atoms. The van der Waals surface area contributed by atoms with Gasteiger partial charge in [0.2, 0.25) is 0 Å². The number of rotatable bonds is 7. The van der Waals surface area contributed by atoms with E-state index in [1.54, 1.807) is 0 Å². The smallest absolute Gasteiger partial charge is 0.173 e. The van der Waals surface area contributed by atoms with E-state index < -0.39 is 0 Å². The molecule has 3 aromatic heterocycles. The van der Waals surface area contributed by atoms with Crippen LogP contribution < -0.4 is 0 Å². The molecule has 0 aliphatic rings. The lowest BCUT2D eigenvalue weighted by molar-refractivity contribution is 1.03. The Kier molecular flexibility index (Phi) is 7.32. The lowest BCUT2D eigenvalue weighted by Gasteiger charge is -2.21. The fourth-order valence-corrected chi connectivity index (χ4v) is 7.27. The van der Waals surface area contributed by atoms with Crippen LogP contribution in [0.1, 0.15) is 0 Å². The van der Waals surface area contributed by atoms with Crippen molar-refractivity contribution in [1.82, 2.24) is 33.9 Å². The summed E-state index contributed by atoms with van der Waals surface area (Å²) in [5, 5.41) is 10.0. The Balaban J connectivity index is 1.38. The third kappa shape index (κ3) is 5.14. The quantitative estimate of drug-likeness (QED) is 0.168. The maximum atomic E-state index is 5.24. The minimum Gasteiger partial charge on any atom is -0.292 e. The summed E-state index contributed by atoms with van der Waals surface area (Å²) in [6, 6.07) is 64.3. The Labute approximate surface area is 305 Å². The third-order valence-electron chi connectivity index (χ3n) is 9.62. The largest absolute Gasteiger partial charge is 0.292 e. The first-order valence-corrected chi connectivity index (χ1v) is 17.6. The first kappa shape index (κ1) is 30.4. The zero-order valence-electron chi connectivity index (χ0n) is 28.5. The topological polar surface area (TPSA) is 66.3 Å². The molecule has 0 N–H and O–H groups in total. The van der Waals surface area contributed by atoms with Crippen molar-refractivity contribution in [2.45, 2.75) is 0 Å². The number of aromatic nitrogens is 7. The maximum Gasteiger partial charge on any atom is 0.173 e. The van der Waals surface area contributed by atoms with Crippen LogP contribution >= 0.6 is 0 Å². The van der Waals surface area contributed by atoms with Crippen molar-refractivity contribution in [1.29, 1.82) is 0 Å². The molecule has 0 saturated carbocycles. The maximum absolute atomic E-state index is 5.24. The van der Waals surface area contributed by atoms with Crippen molar-refractivity contribution in [3.05, 3.63) is 188 Å². The number of hydrogen-bond donors (Lipinski definition) is 0. The van der Waals surface area contributed by atoms with Gasteiger partial charge >= 0.3 is 0 Å². The average Bonchev–Trinajstić information content (AvgIpc) is 3.96. The van der Waals surface area contributed by atoms with Gasteiger partial charge in [-0.3, -0.25) is 13.7 Å². The Morgan fingerprint density at radius 3 is 1.19 bits per heavy atom. The Hall–Kier alpha value is -7.38. The number of para-hydroxylation sites is 5. The van der Waals surface area contributed by atoms with Gasteiger partial charge in [-0.15, -0.1) is 10.2 Å². The molecule has 3 heterocycles. The minimum atomic E-state index is 0.689. The van der Waals surface area contributed by atoms with E-state index >= 15 is 0 Å². The molecule has 0 aliphatic carbocycles. The molecule has 7 nitrogen and oxygen atoms in total. The molecular weight excluding hydrogens is 651 g/mol. The van der Waals surface area contributed by atoms with E-state index in [-0.39, 0.29) is 0 Å². The highest BCUT2D eigenvalue weighted by atomic mass is 15.3. The normalized spacial score (nSPS) is 11.4.